The van der Waals surface area contributed by atoms with Gasteiger partial charge in [-0.2, -0.15) is 0 Å². The van der Waals surface area contributed by atoms with E-state index in [1.807, 2.05) is 31.3 Å². The second-order valence-electron chi connectivity index (χ2n) is 2.67. The summed E-state index contributed by atoms with van der Waals surface area (Å²) in [5.41, 5.74) is 1.24. The highest BCUT2D eigenvalue weighted by molar-refractivity contribution is 8.22. The number of thiocarbonyl (C=S) groups is 1. The number of hydrogen-bond donors (Lipinski definition) is 1. The van der Waals surface area contributed by atoms with Gasteiger partial charge in [-0.15, -0.1) is 0 Å². The fourth-order valence-corrected chi connectivity index (χ4v) is 1.75. The van der Waals surface area contributed by atoms with Gasteiger partial charge in [0.2, 0.25) is 0 Å². The Morgan fingerprint density at radius 1 is 1.43 bits per heavy atom. The zero-order valence-electron chi connectivity index (χ0n) is 8.24. The Hall–Kier alpha value is -0.740. The summed E-state index contributed by atoms with van der Waals surface area (Å²) in [5.74, 6) is 1.78. The fraction of sp³-hybridized carbons (Fsp3) is 0.300. The van der Waals surface area contributed by atoms with Gasteiger partial charge < -0.3 is 10.1 Å². The molecule has 0 aliphatic carbocycles. The summed E-state index contributed by atoms with van der Waals surface area (Å²) in [4.78, 5) is 0. The van der Waals surface area contributed by atoms with Gasteiger partial charge in [0, 0.05) is 12.8 Å². The molecule has 0 radical (unpaired) electrons. The van der Waals surface area contributed by atoms with Crippen molar-refractivity contribution in [2.45, 2.75) is 5.75 Å². The molecule has 0 aliphatic rings. The van der Waals surface area contributed by atoms with E-state index in [-0.39, 0.29) is 0 Å². The van der Waals surface area contributed by atoms with Crippen LogP contribution >= 0.6 is 24.0 Å². The Bertz CT molecular complexity index is 297. The summed E-state index contributed by atoms with van der Waals surface area (Å²) in [6, 6.07) is 8.00. The zero-order chi connectivity index (χ0) is 10.4. The third kappa shape index (κ3) is 3.55. The number of benzene rings is 1. The van der Waals surface area contributed by atoms with Gasteiger partial charge in [0.1, 0.15) is 10.1 Å². The number of hydrogen-bond acceptors (Lipinski definition) is 3. The first-order valence-electron chi connectivity index (χ1n) is 4.23. The van der Waals surface area contributed by atoms with Crippen LogP contribution in [0.1, 0.15) is 5.56 Å². The van der Waals surface area contributed by atoms with Gasteiger partial charge in [-0.1, -0.05) is 36.1 Å². The molecule has 4 heteroatoms. The lowest BCUT2D eigenvalue weighted by molar-refractivity contribution is 0.414. The van der Waals surface area contributed by atoms with Crippen LogP contribution in [0, 0.1) is 0 Å². The molecule has 14 heavy (non-hydrogen) atoms. The molecule has 0 aromatic heterocycles. The minimum Gasteiger partial charge on any atom is -0.497 e. The maximum Gasteiger partial charge on any atom is 0.133 e. The van der Waals surface area contributed by atoms with E-state index in [0.717, 1.165) is 15.8 Å². The van der Waals surface area contributed by atoms with Crippen molar-refractivity contribution in [3.63, 3.8) is 0 Å². The predicted octanol–water partition coefficient (Wildman–Crippen LogP) is 2.43. The number of ether oxygens (including phenoxy) is 1. The van der Waals surface area contributed by atoms with Crippen LogP contribution in [0.15, 0.2) is 24.3 Å². The van der Waals surface area contributed by atoms with Crippen molar-refractivity contribution >= 4 is 28.3 Å². The first-order chi connectivity index (χ1) is 6.76. The van der Waals surface area contributed by atoms with E-state index >= 15 is 0 Å². The van der Waals surface area contributed by atoms with E-state index in [2.05, 4.69) is 5.32 Å². The topological polar surface area (TPSA) is 21.3 Å². The lowest BCUT2D eigenvalue weighted by Gasteiger charge is -2.03. The average molecular weight is 227 g/mol. The Labute approximate surface area is 94.0 Å². The van der Waals surface area contributed by atoms with E-state index in [4.69, 9.17) is 17.0 Å². The van der Waals surface area contributed by atoms with Crippen LogP contribution in [0.25, 0.3) is 0 Å². The monoisotopic (exact) mass is 227 g/mol. The summed E-state index contributed by atoms with van der Waals surface area (Å²) in [6.07, 6.45) is 0. The molecule has 0 saturated carbocycles. The summed E-state index contributed by atoms with van der Waals surface area (Å²) in [6.45, 7) is 0. The third-order valence-corrected chi connectivity index (χ3v) is 3.23. The highest BCUT2D eigenvalue weighted by Crippen LogP contribution is 2.16. The van der Waals surface area contributed by atoms with Crippen molar-refractivity contribution in [3.05, 3.63) is 29.8 Å². The molecule has 1 aromatic rings. The molecular formula is C10H13NOS2. The normalized spacial score (nSPS) is 9.57. The predicted molar refractivity (Wildman–Crippen MR) is 65.9 cm³/mol. The van der Waals surface area contributed by atoms with Gasteiger partial charge in [-0.3, -0.25) is 0 Å². The second kappa shape index (κ2) is 5.88. The highest BCUT2D eigenvalue weighted by Gasteiger charge is 1.97. The maximum atomic E-state index is 5.07. The van der Waals surface area contributed by atoms with Crippen LogP contribution < -0.4 is 10.1 Å². The zero-order valence-corrected chi connectivity index (χ0v) is 9.87. The Morgan fingerprint density at radius 2 is 2.07 bits per heavy atom. The van der Waals surface area contributed by atoms with Crippen LogP contribution in [0.4, 0.5) is 0 Å². The van der Waals surface area contributed by atoms with Crippen molar-refractivity contribution in [1.82, 2.24) is 5.32 Å². The molecule has 1 aromatic carbocycles. The molecule has 0 amide bonds. The molecule has 0 bridgehead atoms. The Balaban J connectivity index is 2.47. The fourth-order valence-electron chi connectivity index (χ4n) is 0.943. The minimum absolute atomic E-state index is 0.820. The summed E-state index contributed by atoms with van der Waals surface area (Å²) < 4.78 is 5.89. The van der Waals surface area contributed by atoms with Gasteiger partial charge >= 0.3 is 0 Å². The molecule has 1 rings (SSSR count). The largest absolute Gasteiger partial charge is 0.497 e. The van der Waals surface area contributed by atoms with E-state index < -0.39 is 0 Å². The van der Waals surface area contributed by atoms with Crippen LogP contribution in [-0.2, 0) is 5.75 Å². The van der Waals surface area contributed by atoms with Gasteiger partial charge in [-0.25, -0.2) is 0 Å². The summed E-state index contributed by atoms with van der Waals surface area (Å²) in [7, 11) is 3.50. The third-order valence-electron chi connectivity index (χ3n) is 1.73. The molecule has 0 saturated heterocycles. The molecule has 76 valence electrons. The van der Waals surface area contributed by atoms with E-state index in [1.54, 1.807) is 18.9 Å². The van der Waals surface area contributed by atoms with Crippen LogP contribution in [-0.4, -0.2) is 18.5 Å². The van der Waals surface area contributed by atoms with Crippen molar-refractivity contribution in [3.8, 4) is 5.75 Å². The highest BCUT2D eigenvalue weighted by atomic mass is 32.2. The smallest absolute Gasteiger partial charge is 0.133 e. The van der Waals surface area contributed by atoms with Crippen LogP contribution in [0.3, 0.4) is 0 Å². The van der Waals surface area contributed by atoms with Crippen LogP contribution in [0.2, 0.25) is 0 Å². The van der Waals surface area contributed by atoms with Crippen molar-refractivity contribution < 1.29 is 4.74 Å². The van der Waals surface area contributed by atoms with Crippen molar-refractivity contribution in [1.29, 1.82) is 0 Å². The molecule has 0 fully saturated rings. The van der Waals surface area contributed by atoms with Crippen molar-refractivity contribution in [2.75, 3.05) is 14.2 Å². The van der Waals surface area contributed by atoms with E-state index in [9.17, 15) is 0 Å². The molecule has 2 nitrogen and oxygen atoms in total. The van der Waals surface area contributed by atoms with E-state index in [1.165, 1.54) is 5.56 Å². The first kappa shape index (κ1) is 11.3. The number of methoxy groups -OCH3 is 1. The molecule has 0 aliphatic heterocycles. The lowest BCUT2D eigenvalue weighted by atomic mass is 10.2. The quantitative estimate of drug-likeness (QED) is 0.800. The Morgan fingerprint density at radius 3 is 2.57 bits per heavy atom. The number of nitrogens with one attached hydrogen (secondary N) is 1. The molecule has 0 heterocycles. The second-order valence-corrected chi connectivity index (χ2v) is 4.33. The van der Waals surface area contributed by atoms with Gasteiger partial charge in [-0.05, 0) is 17.7 Å². The van der Waals surface area contributed by atoms with Crippen LogP contribution in [0.5, 0.6) is 5.75 Å². The summed E-state index contributed by atoms with van der Waals surface area (Å²) in [5, 5.41) is 2.93. The standard InChI is InChI=1S/C10H13NOS2/c1-11-10(13)14-7-8-3-5-9(12-2)6-4-8/h3-6H,7H2,1-2H3,(H,11,13). The summed E-state index contributed by atoms with van der Waals surface area (Å²) >= 11 is 6.65. The van der Waals surface area contributed by atoms with Crippen molar-refractivity contribution in [2.24, 2.45) is 0 Å². The lowest BCUT2D eigenvalue weighted by Crippen LogP contribution is -2.10. The maximum absolute atomic E-state index is 5.07. The Kier molecular flexibility index (Phi) is 4.76. The molecule has 1 N–H and O–H groups in total. The van der Waals surface area contributed by atoms with E-state index in [0.29, 0.717) is 0 Å². The SMILES string of the molecule is CNC(=S)SCc1ccc(OC)cc1. The minimum atomic E-state index is 0.820. The molecule has 0 unspecified atom stereocenters. The number of thioether (sulfide) groups is 1. The molecule has 0 spiro atoms. The molecular weight excluding hydrogens is 214 g/mol. The van der Waals surface area contributed by atoms with Gasteiger partial charge in [0.25, 0.3) is 0 Å². The first-order valence-corrected chi connectivity index (χ1v) is 5.63. The van der Waals surface area contributed by atoms with Gasteiger partial charge in [0.15, 0.2) is 0 Å². The molecule has 0 atom stereocenters. The average Bonchev–Trinajstić information content (AvgIpc) is 2.26. The number of rotatable bonds is 3. The van der Waals surface area contributed by atoms with Gasteiger partial charge in [0.05, 0.1) is 7.11 Å².